The van der Waals surface area contributed by atoms with Crippen LogP contribution in [-0.2, 0) is 15.0 Å². The largest absolute Gasteiger partial charge is 0.482 e. The zero-order valence-electron chi connectivity index (χ0n) is 14.4. The van der Waals surface area contributed by atoms with E-state index < -0.39 is 11.4 Å². The lowest BCUT2D eigenvalue weighted by Crippen LogP contribution is -2.36. The Morgan fingerprint density at radius 2 is 1.92 bits per heavy atom. The molecule has 2 aromatic rings. The number of amides is 1. The third kappa shape index (κ3) is 3.99. The molecular formula is C20H20ClNO4. The first-order chi connectivity index (χ1) is 12.4. The maximum Gasteiger partial charge on any atom is 0.341 e. The molecule has 0 aliphatic heterocycles. The Labute approximate surface area is 156 Å². The average molecular weight is 374 g/mol. The highest BCUT2D eigenvalue weighted by molar-refractivity contribution is 6.30. The highest BCUT2D eigenvalue weighted by atomic mass is 35.5. The van der Waals surface area contributed by atoms with Crippen LogP contribution >= 0.6 is 11.6 Å². The van der Waals surface area contributed by atoms with E-state index in [0.29, 0.717) is 10.8 Å². The standard InChI is InChI=1S/C20H20ClNO4/c1-13(14-5-7-17(8-6-14)26-12-18(23)24)22-19(25)20(9-10-20)15-3-2-4-16(21)11-15/h2-8,11,13H,9-10,12H2,1H3,(H,22,25)(H,23,24). The van der Waals surface area contributed by atoms with Crippen LogP contribution in [0.4, 0.5) is 0 Å². The number of carbonyl (C=O) groups is 2. The molecule has 2 N–H and O–H groups in total. The molecule has 2 aromatic carbocycles. The second kappa shape index (κ2) is 7.38. The van der Waals surface area contributed by atoms with E-state index in [1.807, 2.05) is 37.3 Å². The topological polar surface area (TPSA) is 75.6 Å². The van der Waals surface area contributed by atoms with E-state index in [1.165, 1.54) is 0 Å². The molecule has 0 saturated heterocycles. The molecule has 1 fully saturated rings. The molecule has 1 unspecified atom stereocenters. The number of carboxylic acids is 1. The molecule has 0 heterocycles. The van der Waals surface area contributed by atoms with Gasteiger partial charge in [-0.1, -0.05) is 35.9 Å². The maximum absolute atomic E-state index is 12.8. The van der Waals surface area contributed by atoms with Crippen molar-refractivity contribution >= 4 is 23.5 Å². The quantitative estimate of drug-likeness (QED) is 0.775. The molecule has 26 heavy (non-hydrogen) atoms. The number of ether oxygens (including phenoxy) is 1. The van der Waals surface area contributed by atoms with Crippen LogP contribution in [-0.4, -0.2) is 23.6 Å². The maximum atomic E-state index is 12.8. The fourth-order valence-corrected chi connectivity index (χ4v) is 3.16. The number of rotatable bonds is 7. The molecule has 1 amide bonds. The predicted molar refractivity (Wildman–Crippen MR) is 98.5 cm³/mol. The highest BCUT2D eigenvalue weighted by Crippen LogP contribution is 2.49. The molecule has 1 saturated carbocycles. The number of aliphatic carboxylic acids is 1. The van der Waals surface area contributed by atoms with Crippen molar-refractivity contribution in [2.75, 3.05) is 6.61 Å². The average Bonchev–Trinajstić information content (AvgIpc) is 3.42. The number of carbonyl (C=O) groups excluding carboxylic acids is 1. The first-order valence-corrected chi connectivity index (χ1v) is 8.80. The highest BCUT2D eigenvalue weighted by Gasteiger charge is 2.51. The minimum atomic E-state index is -1.02. The molecule has 0 aromatic heterocycles. The molecule has 3 rings (SSSR count). The SMILES string of the molecule is CC(NC(=O)C1(c2cccc(Cl)c2)CC1)c1ccc(OCC(=O)O)cc1. The van der Waals surface area contributed by atoms with E-state index in [1.54, 1.807) is 18.2 Å². The van der Waals surface area contributed by atoms with Gasteiger partial charge in [0, 0.05) is 5.02 Å². The van der Waals surface area contributed by atoms with Crippen molar-refractivity contribution in [2.45, 2.75) is 31.2 Å². The third-order valence-electron chi connectivity index (χ3n) is 4.65. The zero-order valence-corrected chi connectivity index (χ0v) is 15.1. The second-order valence-electron chi connectivity index (χ2n) is 6.54. The smallest absolute Gasteiger partial charge is 0.341 e. The first-order valence-electron chi connectivity index (χ1n) is 8.42. The molecule has 1 aliphatic carbocycles. The number of benzene rings is 2. The van der Waals surface area contributed by atoms with Crippen molar-refractivity contribution in [3.05, 3.63) is 64.7 Å². The van der Waals surface area contributed by atoms with Crippen LogP contribution in [0.15, 0.2) is 48.5 Å². The van der Waals surface area contributed by atoms with Gasteiger partial charge in [-0.3, -0.25) is 4.79 Å². The van der Waals surface area contributed by atoms with Crippen molar-refractivity contribution in [1.82, 2.24) is 5.32 Å². The zero-order chi connectivity index (χ0) is 18.7. The molecule has 0 spiro atoms. The Morgan fingerprint density at radius 3 is 2.50 bits per heavy atom. The van der Waals surface area contributed by atoms with Crippen LogP contribution < -0.4 is 10.1 Å². The van der Waals surface area contributed by atoms with Crippen molar-refractivity contribution in [1.29, 1.82) is 0 Å². The van der Waals surface area contributed by atoms with Gasteiger partial charge in [0.25, 0.3) is 0 Å². The van der Waals surface area contributed by atoms with E-state index in [0.717, 1.165) is 24.0 Å². The summed E-state index contributed by atoms with van der Waals surface area (Å²) in [5.74, 6) is -0.545. The summed E-state index contributed by atoms with van der Waals surface area (Å²) in [6, 6.07) is 14.3. The van der Waals surface area contributed by atoms with E-state index in [2.05, 4.69) is 5.32 Å². The molecule has 0 radical (unpaired) electrons. The molecule has 5 nitrogen and oxygen atoms in total. The van der Waals surface area contributed by atoms with Crippen LogP contribution in [0, 0.1) is 0 Å². The summed E-state index contributed by atoms with van der Waals surface area (Å²) < 4.78 is 5.12. The number of carboxylic acid groups (broad SMARTS) is 1. The minimum Gasteiger partial charge on any atom is -0.482 e. The Hall–Kier alpha value is -2.53. The van der Waals surface area contributed by atoms with Crippen LogP contribution in [0.25, 0.3) is 0 Å². The van der Waals surface area contributed by atoms with Gasteiger partial charge < -0.3 is 15.2 Å². The predicted octanol–water partition coefficient (Wildman–Crippen LogP) is 3.71. The fraction of sp³-hybridized carbons (Fsp3) is 0.300. The van der Waals surface area contributed by atoms with Gasteiger partial charge in [0.15, 0.2) is 6.61 Å². The lowest BCUT2D eigenvalue weighted by molar-refractivity contribution is -0.139. The summed E-state index contributed by atoms with van der Waals surface area (Å²) in [4.78, 5) is 23.3. The van der Waals surface area contributed by atoms with E-state index in [4.69, 9.17) is 21.4 Å². The summed E-state index contributed by atoms with van der Waals surface area (Å²) in [5, 5.41) is 12.3. The van der Waals surface area contributed by atoms with Crippen molar-refractivity contribution in [3.63, 3.8) is 0 Å². The van der Waals surface area contributed by atoms with Gasteiger partial charge in [0.05, 0.1) is 11.5 Å². The summed E-state index contributed by atoms with van der Waals surface area (Å²) >= 11 is 6.06. The number of halogens is 1. The van der Waals surface area contributed by atoms with Gasteiger partial charge >= 0.3 is 5.97 Å². The van der Waals surface area contributed by atoms with Gasteiger partial charge in [0.1, 0.15) is 5.75 Å². The van der Waals surface area contributed by atoms with Gasteiger partial charge in [-0.25, -0.2) is 4.79 Å². The van der Waals surface area contributed by atoms with Gasteiger partial charge in [0.2, 0.25) is 5.91 Å². The summed E-state index contributed by atoms with van der Waals surface area (Å²) in [6.07, 6.45) is 1.63. The molecule has 1 atom stereocenters. The summed E-state index contributed by atoms with van der Waals surface area (Å²) in [5.41, 5.74) is 1.39. The van der Waals surface area contributed by atoms with Crippen LogP contribution in [0.5, 0.6) is 5.75 Å². The van der Waals surface area contributed by atoms with Crippen molar-refractivity contribution in [3.8, 4) is 5.75 Å². The molecule has 6 heteroatoms. The Morgan fingerprint density at radius 1 is 1.23 bits per heavy atom. The van der Waals surface area contributed by atoms with E-state index in [9.17, 15) is 9.59 Å². The van der Waals surface area contributed by atoms with Crippen molar-refractivity contribution in [2.24, 2.45) is 0 Å². The normalized spacial score (nSPS) is 15.8. The van der Waals surface area contributed by atoms with Crippen LogP contribution in [0.1, 0.15) is 36.9 Å². The van der Waals surface area contributed by atoms with Crippen molar-refractivity contribution < 1.29 is 19.4 Å². The van der Waals surface area contributed by atoms with Gasteiger partial charge in [-0.05, 0) is 55.2 Å². The Kier molecular flexibility index (Phi) is 5.18. The number of hydrogen-bond donors (Lipinski definition) is 2. The number of hydrogen-bond acceptors (Lipinski definition) is 3. The molecule has 0 bridgehead atoms. The molecule has 136 valence electrons. The molecular weight excluding hydrogens is 354 g/mol. The van der Waals surface area contributed by atoms with E-state index in [-0.39, 0.29) is 18.6 Å². The molecule has 1 aliphatic rings. The monoisotopic (exact) mass is 373 g/mol. The summed E-state index contributed by atoms with van der Waals surface area (Å²) in [6.45, 7) is 1.53. The first kappa shape index (κ1) is 18.3. The van der Waals surface area contributed by atoms with E-state index >= 15 is 0 Å². The lowest BCUT2D eigenvalue weighted by Gasteiger charge is -2.20. The Balaban J connectivity index is 1.65. The second-order valence-corrected chi connectivity index (χ2v) is 6.98. The van der Waals surface area contributed by atoms with Crippen LogP contribution in [0.2, 0.25) is 5.02 Å². The minimum absolute atomic E-state index is 0.00142. The lowest BCUT2D eigenvalue weighted by atomic mass is 9.94. The van der Waals surface area contributed by atoms with Gasteiger partial charge in [-0.2, -0.15) is 0 Å². The summed E-state index contributed by atoms with van der Waals surface area (Å²) in [7, 11) is 0. The van der Waals surface area contributed by atoms with Gasteiger partial charge in [-0.15, -0.1) is 0 Å². The third-order valence-corrected chi connectivity index (χ3v) is 4.89. The van der Waals surface area contributed by atoms with Crippen LogP contribution in [0.3, 0.4) is 0 Å². The fourth-order valence-electron chi connectivity index (χ4n) is 2.97. The number of nitrogens with one attached hydrogen (secondary N) is 1. The Bertz CT molecular complexity index is 815.